The standard InChI is InChI=1S/C21H16Cl2N2O2/c22-16-5-1-14(2-6-16)20-21(15-3-7-17(23)8-4-15)27-13-19(26)25(20)18-9-11-24-12-10-18/h1-12,20-21H,13H2/t20-,21+/m1/s1. The second kappa shape index (κ2) is 7.69. The monoisotopic (exact) mass is 398 g/mol. The van der Waals surface area contributed by atoms with Gasteiger partial charge in [0.15, 0.2) is 0 Å². The fourth-order valence-electron chi connectivity index (χ4n) is 3.34. The third-order valence-corrected chi connectivity index (χ3v) is 5.07. The number of carbonyl (C=O) groups excluding carboxylic acids is 1. The van der Waals surface area contributed by atoms with Crippen LogP contribution in [0.2, 0.25) is 10.0 Å². The number of rotatable bonds is 3. The van der Waals surface area contributed by atoms with Crippen molar-refractivity contribution in [2.45, 2.75) is 12.1 Å². The number of benzene rings is 2. The van der Waals surface area contributed by atoms with Crippen LogP contribution in [0.3, 0.4) is 0 Å². The van der Waals surface area contributed by atoms with Crippen molar-refractivity contribution in [2.75, 3.05) is 11.5 Å². The summed E-state index contributed by atoms with van der Waals surface area (Å²) < 4.78 is 5.98. The maximum atomic E-state index is 12.8. The maximum Gasteiger partial charge on any atom is 0.253 e. The summed E-state index contributed by atoms with van der Waals surface area (Å²) in [4.78, 5) is 18.6. The lowest BCUT2D eigenvalue weighted by atomic mass is 9.92. The Kier molecular flexibility index (Phi) is 5.12. The SMILES string of the molecule is O=C1CO[C@@H](c2ccc(Cl)cc2)[C@@H](c2ccc(Cl)cc2)N1c1ccncc1. The molecule has 0 unspecified atom stereocenters. The topological polar surface area (TPSA) is 42.4 Å². The van der Waals surface area contributed by atoms with E-state index in [1.807, 2.05) is 60.7 Å². The lowest BCUT2D eigenvalue weighted by molar-refractivity contribution is -0.132. The zero-order valence-electron chi connectivity index (χ0n) is 14.3. The highest BCUT2D eigenvalue weighted by atomic mass is 35.5. The van der Waals surface area contributed by atoms with Gasteiger partial charge in [-0.2, -0.15) is 0 Å². The number of pyridine rings is 1. The average molecular weight is 399 g/mol. The van der Waals surface area contributed by atoms with Gasteiger partial charge in [0.05, 0.1) is 6.04 Å². The Morgan fingerprint density at radius 2 is 1.41 bits per heavy atom. The minimum atomic E-state index is -0.341. The summed E-state index contributed by atoms with van der Waals surface area (Å²) in [6, 6.07) is 18.3. The number of aromatic nitrogens is 1. The third kappa shape index (κ3) is 3.69. The molecular weight excluding hydrogens is 383 g/mol. The summed E-state index contributed by atoms with van der Waals surface area (Å²) in [7, 11) is 0. The molecule has 0 N–H and O–H groups in total. The molecular formula is C21H16Cl2N2O2. The number of hydrogen-bond acceptors (Lipinski definition) is 3. The molecule has 0 bridgehead atoms. The summed E-state index contributed by atoms with van der Waals surface area (Å²) in [6.45, 7) is -0.000292. The van der Waals surface area contributed by atoms with Crippen LogP contribution in [-0.4, -0.2) is 17.5 Å². The first-order valence-corrected chi connectivity index (χ1v) is 9.24. The highest BCUT2D eigenvalue weighted by Gasteiger charge is 2.39. The van der Waals surface area contributed by atoms with E-state index in [9.17, 15) is 4.79 Å². The van der Waals surface area contributed by atoms with Gasteiger partial charge in [-0.1, -0.05) is 47.5 Å². The van der Waals surface area contributed by atoms with Gasteiger partial charge < -0.3 is 4.74 Å². The van der Waals surface area contributed by atoms with Crippen molar-refractivity contribution >= 4 is 34.8 Å². The number of anilines is 1. The molecule has 1 amide bonds. The zero-order chi connectivity index (χ0) is 18.8. The van der Waals surface area contributed by atoms with Crippen LogP contribution < -0.4 is 4.90 Å². The fraction of sp³-hybridized carbons (Fsp3) is 0.143. The first-order chi connectivity index (χ1) is 13.1. The molecule has 1 fully saturated rings. The quantitative estimate of drug-likeness (QED) is 0.606. The highest BCUT2D eigenvalue weighted by Crippen LogP contribution is 2.42. The molecule has 1 saturated heterocycles. The molecule has 1 aromatic heterocycles. The van der Waals surface area contributed by atoms with Gasteiger partial charge in [-0.25, -0.2) is 0 Å². The number of amides is 1. The van der Waals surface area contributed by atoms with Gasteiger partial charge in [0.1, 0.15) is 12.7 Å². The molecule has 2 heterocycles. The normalized spacial score (nSPS) is 19.9. The molecule has 0 spiro atoms. The van der Waals surface area contributed by atoms with Crippen LogP contribution in [0.5, 0.6) is 0 Å². The van der Waals surface area contributed by atoms with Crippen LogP contribution in [0.1, 0.15) is 23.3 Å². The van der Waals surface area contributed by atoms with E-state index in [0.29, 0.717) is 10.0 Å². The predicted molar refractivity (Wildman–Crippen MR) is 106 cm³/mol. The van der Waals surface area contributed by atoms with Crippen molar-refractivity contribution in [1.29, 1.82) is 0 Å². The van der Waals surface area contributed by atoms with E-state index in [-0.39, 0.29) is 24.7 Å². The maximum absolute atomic E-state index is 12.8. The molecule has 1 aliphatic rings. The molecule has 0 aliphatic carbocycles. The van der Waals surface area contributed by atoms with Gasteiger partial charge in [0.2, 0.25) is 0 Å². The number of carbonyl (C=O) groups is 1. The summed E-state index contributed by atoms with van der Waals surface area (Å²) in [5.74, 6) is -0.105. The van der Waals surface area contributed by atoms with Crippen molar-refractivity contribution in [3.63, 3.8) is 0 Å². The van der Waals surface area contributed by atoms with E-state index in [1.54, 1.807) is 17.3 Å². The van der Waals surface area contributed by atoms with E-state index in [2.05, 4.69) is 4.98 Å². The lowest BCUT2D eigenvalue weighted by Crippen LogP contribution is -2.46. The summed E-state index contributed by atoms with van der Waals surface area (Å²) in [5.41, 5.74) is 2.66. The van der Waals surface area contributed by atoms with E-state index in [1.165, 1.54) is 0 Å². The Morgan fingerprint density at radius 3 is 2.00 bits per heavy atom. The minimum Gasteiger partial charge on any atom is -0.361 e. The predicted octanol–water partition coefficient (Wildman–Crippen LogP) is 5.23. The van der Waals surface area contributed by atoms with Gasteiger partial charge in [-0.05, 0) is 47.5 Å². The van der Waals surface area contributed by atoms with E-state index < -0.39 is 0 Å². The average Bonchev–Trinajstić information content (AvgIpc) is 2.70. The number of hydrogen-bond donors (Lipinski definition) is 0. The van der Waals surface area contributed by atoms with Crippen LogP contribution in [0.4, 0.5) is 5.69 Å². The molecule has 4 nitrogen and oxygen atoms in total. The van der Waals surface area contributed by atoms with Crippen LogP contribution >= 0.6 is 23.2 Å². The van der Waals surface area contributed by atoms with Crippen LogP contribution in [0, 0.1) is 0 Å². The second-order valence-electron chi connectivity index (χ2n) is 6.25. The van der Waals surface area contributed by atoms with Gasteiger partial charge in [0.25, 0.3) is 5.91 Å². The molecule has 136 valence electrons. The Hall–Kier alpha value is -2.40. The molecule has 6 heteroatoms. The van der Waals surface area contributed by atoms with Gasteiger partial charge >= 0.3 is 0 Å². The minimum absolute atomic E-state index is 0.000292. The van der Waals surface area contributed by atoms with Crippen molar-refractivity contribution in [1.82, 2.24) is 4.98 Å². The molecule has 27 heavy (non-hydrogen) atoms. The van der Waals surface area contributed by atoms with E-state index >= 15 is 0 Å². The Morgan fingerprint density at radius 1 is 0.852 bits per heavy atom. The Bertz CT molecular complexity index is 931. The van der Waals surface area contributed by atoms with Gasteiger partial charge in [-0.3, -0.25) is 14.7 Å². The van der Waals surface area contributed by atoms with Crippen molar-refractivity contribution < 1.29 is 9.53 Å². The van der Waals surface area contributed by atoms with E-state index in [0.717, 1.165) is 16.8 Å². The largest absolute Gasteiger partial charge is 0.361 e. The Labute approximate surface area is 167 Å². The smallest absolute Gasteiger partial charge is 0.253 e. The summed E-state index contributed by atoms with van der Waals surface area (Å²) in [6.07, 6.45) is 3.01. The van der Waals surface area contributed by atoms with E-state index in [4.69, 9.17) is 27.9 Å². The van der Waals surface area contributed by atoms with Crippen LogP contribution in [-0.2, 0) is 9.53 Å². The van der Waals surface area contributed by atoms with Crippen molar-refractivity contribution in [3.8, 4) is 0 Å². The first-order valence-electron chi connectivity index (χ1n) is 8.48. The molecule has 4 rings (SSSR count). The zero-order valence-corrected chi connectivity index (χ0v) is 15.8. The molecule has 3 aromatic rings. The molecule has 1 aliphatic heterocycles. The summed E-state index contributed by atoms with van der Waals surface area (Å²) in [5, 5.41) is 1.29. The highest BCUT2D eigenvalue weighted by molar-refractivity contribution is 6.30. The number of morpholine rings is 1. The van der Waals surface area contributed by atoms with Crippen LogP contribution in [0.15, 0.2) is 73.1 Å². The van der Waals surface area contributed by atoms with Gasteiger partial charge in [-0.15, -0.1) is 0 Å². The number of nitrogens with zero attached hydrogens (tertiary/aromatic N) is 2. The lowest BCUT2D eigenvalue weighted by Gasteiger charge is -2.41. The summed E-state index contributed by atoms with van der Waals surface area (Å²) >= 11 is 12.1. The fourth-order valence-corrected chi connectivity index (χ4v) is 3.59. The number of ether oxygens (including phenoxy) is 1. The number of halogens is 2. The van der Waals surface area contributed by atoms with Crippen molar-refractivity contribution in [3.05, 3.63) is 94.2 Å². The van der Waals surface area contributed by atoms with Crippen molar-refractivity contribution in [2.24, 2.45) is 0 Å². The molecule has 2 atom stereocenters. The second-order valence-corrected chi connectivity index (χ2v) is 7.12. The molecule has 2 aromatic carbocycles. The molecule has 0 radical (unpaired) electrons. The van der Waals surface area contributed by atoms with Crippen LogP contribution in [0.25, 0.3) is 0 Å². The molecule has 0 saturated carbocycles. The Balaban J connectivity index is 1.83. The third-order valence-electron chi connectivity index (χ3n) is 4.57. The first kappa shape index (κ1) is 18.0. The van der Waals surface area contributed by atoms with Gasteiger partial charge in [0, 0.05) is 28.1 Å².